The maximum atomic E-state index is 9.29. The Labute approximate surface area is 92.5 Å². The molecule has 1 aromatic rings. The van der Waals surface area contributed by atoms with Crippen molar-refractivity contribution in [2.45, 2.75) is 25.3 Å². The standard InChI is InChI=1S/C11H14BrNO/c1-7-4-8(6-14)10-3-2-9(12)5-11(10)13-7/h2-3,5,7-8,13-14H,4,6H2,1H3. The summed E-state index contributed by atoms with van der Waals surface area (Å²) in [5.41, 5.74) is 2.38. The number of fused-ring (bicyclic) bond motifs is 1. The van der Waals surface area contributed by atoms with Gasteiger partial charge < -0.3 is 10.4 Å². The Hall–Kier alpha value is -0.540. The van der Waals surface area contributed by atoms with E-state index in [0.29, 0.717) is 6.04 Å². The van der Waals surface area contributed by atoms with Crippen LogP contribution in [0.25, 0.3) is 0 Å². The van der Waals surface area contributed by atoms with Crippen LogP contribution in [-0.4, -0.2) is 17.8 Å². The fourth-order valence-corrected chi connectivity index (χ4v) is 2.42. The van der Waals surface area contributed by atoms with Gasteiger partial charge in [0, 0.05) is 22.1 Å². The van der Waals surface area contributed by atoms with E-state index >= 15 is 0 Å². The summed E-state index contributed by atoms with van der Waals surface area (Å²) < 4.78 is 1.08. The molecule has 0 radical (unpaired) electrons. The van der Waals surface area contributed by atoms with E-state index in [-0.39, 0.29) is 12.5 Å². The lowest BCUT2D eigenvalue weighted by atomic mass is 9.88. The van der Waals surface area contributed by atoms with Crippen molar-refractivity contribution < 1.29 is 5.11 Å². The molecule has 0 amide bonds. The van der Waals surface area contributed by atoms with Gasteiger partial charge in [-0.3, -0.25) is 0 Å². The molecule has 0 aromatic heterocycles. The van der Waals surface area contributed by atoms with Crippen LogP contribution in [0.3, 0.4) is 0 Å². The summed E-state index contributed by atoms with van der Waals surface area (Å²) in [6.07, 6.45) is 1.01. The molecule has 1 aromatic carbocycles. The summed E-state index contributed by atoms with van der Waals surface area (Å²) >= 11 is 3.45. The number of anilines is 1. The molecule has 76 valence electrons. The molecule has 0 aliphatic carbocycles. The summed E-state index contributed by atoms with van der Waals surface area (Å²) in [5.74, 6) is 0.286. The van der Waals surface area contributed by atoms with E-state index in [4.69, 9.17) is 0 Å². The summed E-state index contributed by atoms with van der Waals surface area (Å²) in [6, 6.07) is 6.63. The number of hydrogen-bond donors (Lipinski definition) is 2. The molecular formula is C11H14BrNO. The minimum Gasteiger partial charge on any atom is -0.396 e. The van der Waals surface area contributed by atoms with E-state index in [0.717, 1.165) is 16.6 Å². The van der Waals surface area contributed by atoms with E-state index in [1.807, 2.05) is 6.07 Å². The fourth-order valence-electron chi connectivity index (χ4n) is 2.06. The van der Waals surface area contributed by atoms with E-state index < -0.39 is 0 Å². The molecule has 0 saturated heterocycles. The van der Waals surface area contributed by atoms with Gasteiger partial charge in [0.25, 0.3) is 0 Å². The first kappa shape index (κ1) is 9.99. The summed E-state index contributed by atoms with van der Waals surface area (Å²) in [4.78, 5) is 0. The van der Waals surface area contributed by atoms with Crippen LogP contribution in [0.15, 0.2) is 22.7 Å². The van der Waals surface area contributed by atoms with Crippen LogP contribution in [0.1, 0.15) is 24.8 Å². The lowest BCUT2D eigenvalue weighted by Gasteiger charge is -2.30. The second kappa shape index (κ2) is 3.91. The lowest BCUT2D eigenvalue weighted by molar-refractivity contribution is 0.253. The quantitative estimate of drug-likeness (QED) is 0.809. The molecule has 2 atom stereocenters. The van der Waals surface area contributed by atoms with Gasteiger partial charge in [-0.2, -0.15) is 0 Å². The maximum Gasteiger partial charge on any atom is 0.0501 e. The van der Waals surface area contributed by atoms with Crippen LogP contribution < -0.4 is 5.32 Å². The number of rotatable bonds is 1. The Balaban J connectivity index is 2.40. The first-order valence-corrected chi connectivity index (χ1v) is 5.67. The van der Waals surface area contributed by atoms with Gasteiger partial charge in [0.15, 0.2) is 0 Å². The first-order chi connectivity index (χ1) is 6.70. The van der Waals surface area contributed by atoms with Gasteiger partial charge in [-0.15, -0.1) is 0 Å². The van der Waals surface area contributed by atoms with Gasteiger partial charge in [0.1, 0.15) is 0 Å². The van der Waals surface area contributed by atoms with Crippen molar-refractivity contribution in [2.75, 3.05) is 11.9 Å². The molecule has 14 heavy (non-hydrogen) atoms. The molecule has 0 fully saturated rings. The third-order valence-electron chi connectivity index (χ3n) is 2.72. The zero-order valence-electron chi connectivity index (χ0n) is 8.13. The SMILES string of the molecule is CC1CC(CO)c2ccc(Br)cc2N1. The third kappa shape index (κ3) is 1.79. The van der Waals surface area contributed by atoms with E-state index in [2.05, 4.69) is 40.3 Å². The van der Waals surface area contributed by atoms with Gasteiger partial charge in [0.2, 0.25) is 0 Å². The molecule has 0 bridgehead atoms. The van der Waals surface area contributed by atoms with Crippen molar-refractivity contribution in [3.8, 4) is 0 Å². The summed E-state index contributed by atoms with van der Waals surface area (Å²) in [7, 11) is 0. The number of halogens is 1. The molecule has 2 nitrogen and oxygen atoms in total. The number of aliphatic hydroxyl groups excluding tert-OH is 1. The lowest BCUT2D eigenvalue weighted by Crippen LogP contribution is -2.26. The maximum absolute atomic E-state index is 9.29. The molecule has 1 heterocycles. The zero-order valence-corrected chi connectivity index (χ0v) is 9.71. The fraction of sp³-hybridized carbons (Fsp3) is 0.455. The third-order valence-corrected chi connectivity index (χ3v) is 3.21. The van der Waals surface area contributed by atoms with Crippen LogP contribution in [0.4, 0.5) is 5.69 Å². The van der Waals surface area contributed by atoms with E-state index in [1.165, 1.54) is 5.56 Å². The first-order valence-electron chi connectivity index (χ1n) is 4.87. The van der Waals surface area contributed by atoms with Crippen LogP contribution in [-0.2, 0) is 0 Å². The number of aliphatic hydroxyl groups is 1. The molecule has 3 heteroatoms. The Morgan fingerprint density at radius 2 is 2.36 bits per heavy atom. The minimum absolute atomic E-state index is 0.237. The van der Waals surface area contributed by atoms with Crippen LogP contribution >= 0.6 is 15.9 Å². The largest absolute Gasteiger partial charge is 0.396 e. The monoisotopic (exact) mass is 255 g/mol. The van der Waals surface area contributed by atoms with Gasteiger partial charge in [0.05, 0.1) is 6.61 Å². The van der Waals surface area contributed by atoms with Crippen LogP contribution in [0.5, 0.6) is 0 Å². The van der Waals surface area contributed by atoms with Crippen molar-refractivity contribution in [3.05, 3.63) is 28.2 Å². The van der Waals surface area contributed by atoms with E-state index in [1.54, 1.807) is 0 Å². The summed E-state index contributed by atoms with van der Waals surface area (Å²) in [5, 5.41) is 12.7. The zero-order chi connectivity index (χ0) is 10.1. The highest BCUT2D eigenvalue weighted by Crippen LogP contribution is 2.35. The van der Waals surface area contributed by atoms with Gasteiger partial charge in [-0.25, -0.2) is 0 Å². The minimum atomic E-state index is 0.237. The number of benzene rings is 1. The highest BCUT2D eigenvalue weighted by atomic mass is 79.9. The van der Waals surface area contributed by atoms with Crippen molar-refractivity contribution in [1.82, 2.24) is 0 Å². The Bertz CT molecular complexity index is 340. The topological polar surface area (TPSA) is 32.3 Å². The average Bonchev–Trinajstić information content (AvgIpc) is 2.15. The molecule has 2 N–H and O–H groups in total. The second-order valence-corrected chi connectivity index (χ2v) is 4.81. The van der Waals surface area contributed by atoms with Gasteiger partial charge >= 0.3 is 0 Å². The smallest absolute Gasteiger partial charge is 0.0501 e. The molecule has 2 rings (SSSR count). The predicted octanol–water partition coefficient (Wildman–Crippen LogP) is 2.73. The highest BCUT2D eigenvalue weighted by molar-refractivity contribution is 9.10. The summed E-state index contributed by atoms with van der Waals surface area (Å²) in [6.45, 7) is 2.38. The van der Waals surface area contributed by atoms with Crippen molar-refractivity contribution in [2.24, 2.45) is 0 Å². The Morgan fingerprint density at radius 1 is 1.57 bits per heavy atom. The molecule has 0 spiro atoms. The average molecular weight is 256 g/mol. The van der Waals surface area contributed by atoms with Crippen molar-refractivity contribution in [1.29, 1.82) is 0 Å². The molecule has 0 saturated carbocycles. The second-order valence-electron chi connectivity index (χ2n) is 3.89. The predicted molar refractivity (Wildman–Crippen MR) is 61.7 cm³/mol. The van der Waals surface area contributed by atoms with Gasteiger partial charge in [-0.05, 0) is 31.0 Å². The normalized spacial score (nSPS) is 25.4. The number of nitrogens with one attached hydrogen (secondary N) is 1. The molecule has 1 aliphatic rings. The Morgan fingerprint density at radius 3 is 3.07 bits per heavy atom. The molecular weight excluding hydrogens is 242 g/mol. The van der Waals surface area contributed by atoms with Crippen molar-refractivity contribution >= 4 is 21.6 Å². The van der Waals surface area contributed by atoms with Crippen LogP contribution in [0, 0.1) is 0 Å². The molecule has 2 unspecified atom stereocenters. The van der Waals surface area contributed by atoms with Crippen molar-refractivity contribution in [3.63, 3.8) is 0 Å². The Kier molecular flexibility index (Phi) is 2.79. The van der Waals surface area contributed by atoms with Crippen LogP contribution in [0.2, 0.25) is 0 Å². The number of hydrogen-bond acceptors (Lipinski definition) is 2. The highest BCUT2D eigenvalue weighted by Gasteiger charge is 2.23. The van der Waals surface area contributed by atoms with Gasteiger partial charge in [-0.1, -0.05) is 22.0 Å². The molecule has 1 aliphatic heterocycles. The van der Waals surface area contributed by atoms with E-state index in [9.17, 15) is 5.11 Å².